The Hall–Kier alpha value is -3.75. The second-order valence-electron chi connectivity index (χ2n) is 7.94. The number of aliphatic hydroxyl groups is 1. The summed E-state index contributed by atoms with van der Waals surface area (Å²) in [6.45, 7) is 0.0396. The van der Waals surface area contributed by atoms with E-state index in [0.29, 0.717) is 28.1 Å². The van der Waals surface area contributed by atoms with Gasteiger partial charge in [-0.05, 0) is 48.0 Å². The molecule has 8 heteroatoms. The molecule has 1 heterocycles. The number of morpholine rings is 1. The van der Waals surface area contributed by atoms with Gasteiger partial charge < -0.3 is 24.8 Å². The van der Waals surface area contributed by atoms with Gasteiger partial charge in [-0.15, -0.1) is 0 Å². The average Bonchev–Trinajstić information content (AvgIpc) is 2.86. The first-order valence-electron chi connectivity index (χ1n) is 10.8. The summed E-state index contributed by atoms with van der Waals surface area (Å²) in [4.78, 5) is 26.4. The minimum atomic E-state index is -1.05. The average molecular weight is 464 g/mol. The lowest BCUT2D eigenvalue weighted by atomic mass is 9.99. The molecule has 1 saturated heterocycles. The lowest BCUT2D eigenvalue weighted by Crippen LogP contribution is -2.51. The number of anilines is 1. The van der Waals surface area contributed by atoms with Crippen LogP contribution in [0.4, 0.5) is 10.1 Å². The Kier molecular flexibility index (Phi) is 7.20. The molecule has 34 heavy (non-hydrogen) atoms. The minimum absolute atomic E-state index is 0.0343. The van der Waals surface area contributed by atoms with Gasteiger partial charge in [0, 0.05) is 23.4 Å². The molecule has 0 spiro atoms. The highest BCUT2D eigenvalue weighted by Crippen LogP contribution is 2.27. The van der Waals surface area contributed by atoms with Crippen LogP contribution in [-0.2, 0) is 16.1 Å². The van der Waals surface area contributed by atoms with E-state index < -0.39 is 18.0 Å². The number of nitrogens with zero attached hydrogens (tertiary/aromatic N) is 1. The molecule has 3 aromatic rings. The number of halogens is 1. The summed E-state index contributed by atoms with van der Waals surface area (Å²) in [5, 5.41) is 13.8. The normalized spacial score (nSPS) is 16.7. The van der Waals surface area contributed by atoms with Crippen molar-refractivity contribution in [3.63, 3.8) is 0 Å². The molecule has 0 saturated carbocycles. The summed E-state index contributed by atoms with van der Waals surface area (Å²) in [7, 11) is 1.56. The lowest BCUT2D eigenvalue weighted by molar-refractivity contribution is -0.155. The molecule has 2 N–H and O–H groups in total. The van der Waals surface area contributed by atoms with Gasteiger partial charge in [0.15, 0.2) is 0 Å². The predicted octanol–water partition coefficient (Wildman–Crippen LogP) is 3.55. The van der Waals surface area contributed by atoms with E-state index in [9.17, 15) is 19.1 Å². The number of hydrogen-bond donors (Lipinski definition) is 2. The van der Waals surface area contributed by atoms with E-state index in [4.69, 9.17) is 9.47 Å². The van der Waals surface area contributed by atoms with Crippen molar-refractivity contribution in [3.05, 3.63) is 95.3 Å². The molecule has 0 bridgehead atoms. The van der Waals surface area contributed by atoms with E-state index in [0.717, 1.165) is 0 Å². The molecule has 3 aromatic carbocycles. The van der Waals surface area contributed by atoms with Crippen LogP contribution in [0.5, 0.6) is 5.75 Å². The van der Waals surface area contributed by atoms with Crippen LogP contribution in [0, 0.1) is 5.82 Å². The van der Waals surface area contributed by atoms with Crippen LogP contribution in [0.25, 0.3) is 0 Å². The number of ether oxygens (including phenoxy) is 2. The van der Waals surface area contributed by atoms with Gasteiger partial charge in [-0.3, -0.25) is 9.59 Å². The fraction of sp³-hybridized carbons (Fsp3) is 0.231. The first-order valence-corrected chi connectivity index (χ1v) is 10.8. The second kappa shape index (κ2) is 10.5. The van der Waals surface area contributed by atoms with Gasteiger partial charge in [0.25, 0.3) is 5.91 Å². The number of benzene rings is 3. The number of hydrogen-bond acceptors (Lipinski definition) is 5. The molecule has 0 aromatic heterocycles. The number of methoxy groups -OCH3 is 1. The van der Waals surface area contributed by atoms with Gasteiger partial charge in [0.2, 0.25) is 5.91 Å². The highest BCUT2D eigenvalue weighted by molar-refractivity contribution is 6.04. The number of nitrogens with one attached hydrogen (secondary N) is 1. The van der Waals surface area contributed by atoms with E-state index in [1.165, 1.54) is 11.0 Å². The summed E-state index contributed by atoms with van der Waals surface area (Å²) in [5.41, 5.74) is 1.94. The summed E-state index contributed by atoms with van der Waals surface area (Å²) in [6.07, 6.45) is -1.05. The van der Waals surface area contributed by atoms with Crippen molar-refractivity contribution < 1.29 is 28.6 Å². The summed E-state index contributed by atoms with van der Waals surface area (Å²) in [5.74, 6) is -0.351. The monoisotopic (exact) mass is 464 g/mol. The fourth-order valence-corrected chi connectivity index (χ4v) is 3.83. The van der Waals surface area contributed by atoms with Crippen molar-refractivity contribution in [2.75, 3.05) is 25.6 Å². The van der Waals surface area contributed by atoms with Crippen LogP contribution in [0.15, 0.2) is 72.8 Å². The van der Waals surface area contributed by atoms with Crippen LogP contribution in [0.2, 0.25) is 0 Å². The summed E-state index contributed by atoms with van der Waals surface area (Å²) in [6, 6.07) is 19.0. The Morgan fingerprint density at radius 3 is 2.53 bits per heavy atom. The maximum Gasteiger partial charge on any atom is 0.255 e. The van der Waals surface area contributed by atoms with Gasteiger partial charge in [-0.25, -0.2) is 4.39 Å². The molecule has 2 amide bonds. The van der Waals surface area contributed by atoms with Crippen LogP contribution in [0.1, 0.15) is 27.6 Å². The first-order chi connectivity index (χ1) is 16.5. The van der Waals surface area contributed by atoms with Gasteiger partial charge in [-0.1, -0.05) is 30.3 Å². The summed E-state index contributed by atoms with van der Waals surface area (Å²) >= 11 is 0. The largest absolute Gasteiger partial charge is 0.497 e. The zero-order valence-electron chi connectivity index (χ0n) is 18.6. The molecule has 4 rings (SSSR count). The molecule has 2 atom stereocenters. The predicted molar refractivity (Wildman–Crippen MR) is 124 cm³/mol. The van der Waals surface area contributed by atoms with Crippen molar-refractivity contribution >= 4 is 17.5 Å². The number of amides is 2. The van der Waals surface area contributed by atoms with E-state index in [1.807, 2.05) is 0 Å². The van der Waals surface area contributed by atoms with Crippen LogP contribution < -0.4 is 10.1 Å². The highest BCUT2D eigenvalue weighted by Gasteiger charge is 2.35. The van der Waals surface area contributed by atoms with Crippen molar-refractivity contribution in [3.8, 4) is 5.75 Å². The molecular formula is C26H25FN2O5. The molecule has 0 radical (unpaired) electrons. The van der Waals surface area contributed by atoms with E-state index in [2.05, 4.69) is 5.32 Å². The molecule has 1 aliphatic rings. The third-order valence-corrected chi connectivity index (χ3v) is 5.76. The molecule has 1 aliphatic heterocycles. The number of carbonyl (C=O) groups excluding carboxylic acids is 2. The number of aliphatic hydroxyl groups excluding tert-OH is 1. The van der Waals surface area contributed by atoms with Crippen molar-refractivity contribution in [2.45, 2.75) is 18.7 Å². The summed E-state index contributed by atoms with van der Waals surface area (Å²) < 4.78 is 24.6. The molecule has 176 valence electrons. The third kappa shape index (κ3) is 5.24. The van der Waals surface area contributed by atoms with Gasteiger partial charge >= 0.3 is 0 Å². The molecule has 1 fully saturated rings. The van der Waals surface area contributed by atoms with Gasteiger partial charge in [0.1, 0.15) is 24.3 Å². The molecule has 7 nitrogen and oxygen atoms in total. The Balaban J connectivity index is 1.45. The van der Waals surface area contributed by atoms with Crippen molar-refractivity contribution in [1.82, 2.24) is 4.90 Å². The highest BCUT2D eigenvalue weighted by atomic mass is 19.1. The zero-order valence-corrected chi connectivity index (χ0v) is 18.6. The standard InChI is InChI=1S/C26H25FN2O5/c1-33-21-12-8-18(9-13-21)26(32)28-20-10-6-17(7-11-20)25(31)23-15-34-16-24(30)29(23)14-19-4-2-3-5-22(19)27/h2-13,23,25,31H,14-16H2,1H3,(H,28,32). The Morgan fingerprint density at radius 1 is 1.15 bits per heavy atom. The smallest absolute Gasteiger partial charge is 0.255 e. The number of carbonyl (C=O) groups is 2. The minimum Gasteiger partial charge on any atom is -0.497 e. The van der Waals surface area contributed by atoms with Crippen LogP contribution >= 0.6 is 0 Å². The number of rotatable bonds is 7. The maximum atomic E-state index is 14.2. The van der Waals surface area contributed by atoms with Gasteiger partial charge in [0.05, 0.1) is 19.8 Å². The Bertz CT molecular complexity index is 1150. The topological polar surface area (TPSA) is 88.1 Å². The zero-order chi connectivity index (χ0) is 24.1. The fourth-order valence-electron chi connectivity index (χ4n) is 3.83. The van der Waals surface area contributed by atoms with Crippen molar-refractivity contribution in [2.24, 2.45) is 0 Å². The third-order valence-electron chi connectivity index (χ3n) is 5.76. The lowest BCUT2D eigenvalue weighted by Gasteiger charge is -2.38. The Labute approximate surface area is 196 Å². The van der Waals surface area contributed by atoms with Crippen LogP contribution in [0.3, 0.4) is 0 Å². The first kappa shape index (κ1) is 23.4. The quantitative estimate of drug-likeness (QED) is 0.559. The maximum absolute atomic E-state index is 14.2. The van der Waals surface area contributed by atoms with E-state index in [1.54, 1.807) is 73.8 Å². The SMILES string of the molecule is COc1ccc(C(=O)Nc2ccc(C(O)C3COCC(=O)N3Cc3ccccc3F)cc2)cc1. The van der Waals surface area contributed by atoms with Gasteiger partial charge in [-0.2, -0.15) is 0 Å². The van der Waals surface area contributed by atoms with E-state index in [-0.39, 0.29) is 31.6 Å². The van der Waals surface area contributed by atoms with Crippen molar-refractivity contribution in [1.29, 1.82) is 0 Å². The second-order valence-corrected chi connectivity index (χ2v) is 7.94. The molecule has 0 aliphatic carbocycles. The molecular weight excluding hydrogens is 439 g/mol. The van der Waals surface area contributed by atoms with E-state index >= 15 is 0 Å². The van der Waals surface area contributed by atoms with Crippen LogP contribution in [-0.4, -0.2) is 48.2 Å². The molecule has 2 unspecified atom stereocenters. The Morgan fingerprint density at radius 2 is 1.85 bits per heavy atom.